The summed E-state index contributed by atoms with van der Waals surface area (Å²) in [6, 6.07) is 22.6. The first-order chi connectivity index (χ1) is 21.8. The Hall–Kier alpha value is -4.93. The van der Waals surface area contributed by atoms with E-state index >= 15 is 0 Å². The van der Waals surface area contributed by atoms with E-state index in [0.29, 0.717) is 28.4 Å². The molecular formula is C34H33ClN4O5S. The largest absolute Gasteiger partial charge is 0.490 e. The van der Waals surface area contributed by atoms with E-state index in [4.69, 9.17) is 21.1 Å². The van der Waals surface area contributed by atoms with Gasteiger partial charge in [0.2, 0.25) is 0 Å². The maximum Gasteiger partial charge on any atom is 0.353 e. The number of rotatable bonds is 13. The number of benzene rings is 3. The minimum Gasteiger partial charge on any atom is -0.490 e. The van der Waals surface area contributed by atoms with E-state index in [-0.39, 0.29) is 22.0 Å². The van der Waals surface area contributed by atoms with Crippen LogP contribution >= 0.6 is 22.9 Å². The Labute approximate surface area is 271 Å². The zero-order chi connectivity index (χ0) is 32.2. The van der Waals surface area contributed by atoms with Crippen molar-refractivity contribution in [3.8, 4) is 11.5 Å². The number of thiophene rings is 1. The van der Waals surface area contributed by atoms with Crippen molar-refractivity contribution in [2.24, 2.45) is 5.10 Å². The molecule has 0 saturated heterocycles. The van der Waals surface area contributed by atoms with Crippen molar-refractivity contribution in [1.82, 2.24) is 10.7 Å². The van der Waals surface area contributed by atoms with Crippen molar-refractivity contribution in [2.45, 2.75) is 20.8 Å². The number of hydrogen-bond acceptors (Lipinski definition) is 8. The molecule has 11 heteroatoms. The van der Waals surface area contributed by atoms with Gasteiger partial charge >= 0.3 is 5.97 Å². The highest BCUT2D eigenvalue weighted by molar-refractivity contribution is 7.12. The van der Waals surface area contributed by atoms with Crippen LogP contribution in [0, 0.1) is 0 Å². The molecule has 0 spiro atoms. The fraction of sp³-hybridized carbons (Fsp3) is 0.176. The number of amides is 2. The second-order valence-corrected chi connectivity index (χ2v) is 10.8. The van der Waals surface area contributed by atoms with Gasteiger partial charge in [-0.05, 0) is 91.9 Å². The van der Waals surface area contributed by atoms with Crippen LogP contribution in [-0.2, 0) is 4.79 Å². The molecule has 2 amide bonds. The Morgan fingerprint density at radius 2 is 1.64 bits per heavy atom. The summed E-state index contributed by atoms with van der Waals surface area (Å²) in [6.07, 6.45) is 2.98. The second kappa shape index (κ2) is 16.2. The molecule has 0 fully saturated rings. The summed E-state index contributed by atoms with van der Waals surface area (Å²) >= 11 is 7.50. The third-order valence-electron chi connectivity index (χ3n) is 6.52. The number of carbonyl (C=O) groups is 3. The molecule has 0 aliphatic heterocycles. The first-order valence-corrected chi connectivity index (χ1v) is 15.6. The number of carbonyl (C=O) groups excluding carboxylic acids is 3. The lowest BCUT2D eigenvalue weighted by atomic mass is 10.1. The highest BCUT2D eigenvalue weighted by atomic mass is 35.5. The van der Waals surface area contributed by atoms with Crippen molar-refractivity contribution in [3.63, 3.8) is 0 Å². The minimum atomic E-state index is -0.647. The summed E-state index contributed by atoms with van der Waals surface area (Å²) < 4.78 is 11.2. The van der Waals surface area contributed by atoms with Crippen molar-refractivity contribution in [3.05, 3.63) is 117 Å². The normalized spacial score (nSPS) is 11.2. The van der Waals surface area contributed by atoms with Crippen LogP contribution in [0.4, 0.5) is 5.69 Å². The molecule has 0 bridgehead atoms. The number of halogens is 1. The lowest BCUT2D eigenvalue weighted by Gasteiger charge is -2.21. The van der Waals surface area contributed by atoms with Gasteiger partial charge in [-0.15, -0.1) is 11.3 Å². The second-order valence-electron chi connectivity index (χ2n) is 9.46. The Bertz CT molecular complexity index is 1680. The lowest BCUT2D eigenvalue weighted by Crippen LogP contribution is -2.33. The van der Waals surface area contributed by atoms with E-state index in [2.05, 4.69) is 34.6 Å². The van der Waals surface area contributed by atoms with Gasteiger partial charge < -0.3 is 19.7 Å². The van der Waals surface area contributed by atoms with Crippen LogP contribution in [-0.4, -0.2) is 43.7 Å². The highest BCUT2D eigenvalue weighted by Gasteiger charge is 2.17. The molecule has 2 N–H and O–H groups in total. The minimum absolute atomic E-state index is 0.0292. The average molecular weight is 645 g/mol. The molecule has 1 heterocycles. The molecular weight excluding hydrogens is 612 g/mol. The van der Waals surface area contributed by atoms with Crippen molar-refractivity contribution in [1.29, 1.82) is 0 Å². The van der Waals surface area contributed by atoms with Crippen molar-refractivity contribution < 1.29 is 23.9 Å². The van der Waals surface area contributed by atoms with E-state index < -0.39 is 17.8 Å². The number of nitrogens with one attached hydrogen (secondary N) is 2. The Balaban J connectivity index is 1.53. The van der Waals surface area contributed by atoms with Crippen LogP contribution in [0.5, 0.6) is 11.5 Å². The van der Waals surface area contributed by atoms with Gasteiger partial charge in [-0.3, -0.25) is 9.59 Å². The van der Waals surface area contributed by atoms with E-state index in [1.807, 2.05) is 31.2 Å². The number of esters is 1. The number of hydrazone groups is 1. The van der Waals surface area contributed by atoms with E-state index in [1.54, 1.807) is 66.1 Å². The van der Waals surface area contributed by atoms with Gasteiger partial charge in [-0.1, -0.05) is 41.9 Å². The van der Waals surface area contributed by atoms with Gasteiger partial charge in [0.15, 0.2) is 11.5 Å². The van der Waals surface area contributed by atoms with Crippen LogP contribution in [0.15, 0.2) is 95.0 Å². The Kier molecular flexibility index (Phi) is 11.9. The highest BCUT2D eigenvalue weighted by Crippen LogP contribution is 2.29. The molecule has 0 aliphatic carbocycles. The first-order valence-electron chi connectivity index (χ1n) is 14.3. The molecule has 45 heavy (non-hydrogen) atoms. The maximum atomic E-state index is 13.3. The Morgan fingerprint density at radius 3 is 2.31 bits per heavy atom. The molecule has 9 nitrogen and oxygen atoms in total. The zero-order valence-electron chi connectivity index (χ0n) is 25.1. The number of anilines is 1. The molecule has 0 unspecified atom stereocenters. The topological polar surface area (TPSA) is 109 Å². The molecule has 0 atom stereocenters. The molecule has 0 saturated carbocycles. The third-order valence-corrected chi connectivity index (χ3v) is 7.70. The fourth-order valence-electron chi connectivity index (χ4n) is 4.26. The van der Waals surface area contributed by atoms with E-state index in [1.165, 1.54) is 17.6 Å². The molecule has 0 aliphatic rings. The molecule has 3 aromatic carbocycles. The van der Waals surface area contributed by atoms with Gasteiger partial charge in [0, 0.05) is 18.8 Å². The SMILES string of the molecule is CCOc1cc(/C=N/NC(=O)/C(=C\c2ccc(N(CC)CC)cc2)NC(=O)c2ccccc2Cl)ccc1OC(=O)c1cccs1. The molecule has 4 rings (SSSR count). The van der Waals surface area contributed by atoms with Gasteiger partial charge in [0.05, 0.1) is 23.4 Å². The van der Waals surface area contributed by atoms with Gasteiger partial charge in [0.25, 0.3) is 11.8 Å². The number of nitrogens with zero attached hydrogens (tertiary/aromatic N) is 2. The monoisotopic (exact) mass is 644 g/mol. The van der Waals surface area contributed by atoms with E-state index in [0.717, 1.165) is 18.8 Å². The standard InChI is InChI=1S/C34H33ClN4O5S/c1-4-39(5-2)25-16-13-23(14-17-25)20-28(37-32(40)26-10-7-8-11-27(26)35)33(41)38-36-22-24-15-18-29(30(21-24)43-6-3)44-34(42)31-12-9-19-45-31/h7-22H,4-6H2,1-3H3,(H,37,40)(H,38,41)/b28-20+,36-22+. The number of ether oxygens (including phenoxy) is 2. The zero-order valence-corrected chi connectivity index (χ0v) is 26.7. The smallest absolute Gasteiger partial charge is 0.353 e. The van der Waals surface area contributed by atoms with Crippen LogP contribution in [0.3, 0.4) is 0 Å². The van der Waals surface area contributed by atoms with Crippen LogP contribution in [0.1, 0.15) is 51.9 Å². The summed E-state index contributed by atoms with van der Waals surface area (Å²) in [5.74, 6) is -1.07. The molecule has 4 aromatic rings. The van der Waals surface area contributed by atoms with Crippen LogP contribution in [0.2, 0.25) is 5.02 Å². The molecule has 232 valence electrons. The van der Waals surface area contributed by atoms with E-state index in [9.17, 15) is 14.4 Å². The van der Waals surface area contributed by atoms with Gasteiger partial charge in [0.1, 0.15) is 10.6 Å². The van der Waals surface area contributed by atoms with Gasteiger partial charge in [-0.2, -0.15) is 5.10 Å². The maximum absolute atomic E-state index is 13.3. The average Bonchev–Trinajstić information content (AvgIpc) is 3.59. The predicted octanol–water partition coefficient (Wildman–Crippen LogP) is 6.79. The quantitative estimate of drug-likeness (QED) is 0.0546. The number of hydrogen-bond donors (Lipinski definition) is 2. The Morgan fingerprint density at radius 1 is 0.911 bits per heavy atom. The third kappa shape index (κ3) is 9.04. The van der Waals surface area contributed by atoms with Gasteiger partial charge in [-0.25, -0.2) is 10.2 Å². The summed E-state index contributed by atoms with van der Waals surface area (Å²) in [7, 11) is 0. The predicted molar refractivity (Wildman–Crippen MR) is 180 cm³/mol. The molecule has 0 radical (unpaired) electrons. The van der Waals surface area contributed by atoms with Crippen molar-refractivity contribution in [2.75, 3.05) is 24.6 Å². The summed E-state index contributed by atoms with van der Waals surface area (Å²) in [6.45, 7) is 8.04. The lowest BCUT2D eigenvalue weighted by molar-refractivity contribution is -0.117. The summed E-state index contributed by atoms with van der Waals surface area (Å²) in [5.41, 5.74) is 4.99. The first kappa shape index (κ1) is 33.0. The van der Waals surface area contributed by atoms with Crippen molar-refractivity contribution >= 4 is 58.7 Å². The summed E-state index contributed by atoms with van der Waals surface area (Å²) in [4.78, 5) is 41.4. The van der Waals surface area contributed by atoms with Crippen LogP contribution in [0.25, 0.3) is 6.08 Å². The summed E-state index contributed by atoms with van der Waals surface area (Å²) in [5, 5.41) is 8.80. The van der Waals surface area contributed by atoms with Crippen LogP contribution < -0.4 is 25.1 Å². The molecule has 1 aromatic heterocycles. The fourth-order valence-corrected chi connectivity index (χ4v) is 5.08.